The van der Waals surface area contributed by atoms with E-state index in [0.717, 1.165) is 25.9 Å². The highest BCUT2D eigenvalue weighted by Crippen LogP contribution is 2.25. The quantitative estimate of drug-likeness (QED) is 0.866. The van der Waals surface area contributed by atoms with Gasteiger partial charge < -0.3 is 10.2 Å². The van der Waals surface area contributed by atoms with Crippen molar-refractivity contribution in [1.29, 1.82) is 0 Å². The molecule has 138 valence electrons. The Morgan fingerprint density at radius 1 is 1.00 bits per heavy atom. The molecule has 1 aliphatic rings. The van der Waals surface area contributed by atoms with Crippen LogP contribution in [0.15, 0.2) is 42.5 Å². The molecule has 0 aliphatic carbocycles. The maximum absolute atomic E-state index is 12.7. The third-order valence-electron chi connectivity index (χ3n) is 5.52. The predicted octanol–water partition coefficient (Wildman–Crippen LogP) is 4.71. The van der Waals surface area contributed by atoms with Gasteiger partial charge in [0.25, 0.3) is 0 Å². The Kier molecular flexibility index (Phi) is 5.65. The number of aryl methyl sites for hydroxylation is 3. The minimum absolute atomic E-state index is 0.0533. The molecule has 1 fully saturated rings. The van der Waals surface area contributed by atoms with Gasteiger partial charge in [-0.2, -0.15) is 0 Å². The van der Waals surface area contributed by atoms with Crippen LogP contribution in [0, 0.1) is 26.7 Å². The molecule has 1 saturated heterocycles. The number of carbonyl (C=O) groups excluding carboxylic acids is 1. The Hall–Kier alpha value is -2.29. The molecule has 2 aromatic rings. The van der Waals surface area contributed by atoms with Crippen molar-refractivity contribution in [2.24, 2.45) is 5.92 Å². The number of piperidine rings is 1. The average molecular weight is 351 g/mol. The fourth-order valence-electron chi connectivity index (χ4n) is 3.79. The summed E-state index contributed by atoms with van der Waals surface area (Å²) >= 11 is 0. The van der Waals surface area contributed by atoms with Crippen molar-refractivity contribution in [2.75, 3.05) is 18.0 Å². The first-order valence-corrected chi connectivity index (χ1v) is 9.63. The number of amides is 1. The third kappa shape index (κ3) is 4.27. The van der Waals surface area contributed by atoms with Crippen molar-refractivity contribution in [3.8, 4) is 0 Å². The largest absolute Gasteiger partial charge is 0.371 e. The van der Waals surface area contributed by atoms with E-state index in [0.29, 0.717) is 0 Å². The summed E-state index contributed by atoms with van der Waals surface area (Å²) in [6.07, 6.45) is 1.83. The molecule has 2 aromatic carbocycles. The molecule has 3 rings (SSSR count). The van der Waals surface area contributed by atoms with E-state index in [2.05, 4.69) is 80.4 Å². The highest BCUT2D eigenvalue weighted by Gasteiger charge is 2.26. The minimum atomic E-state index is 0.0533. The average Bonchev–Trinajstić information content (AvgIpc) is 2.64. The van der Waals surface area contributed by atoms with Crippen LogP contribution in [0.4, 0.5) is 5.69 Å². The third-order valence-corrected chi connectivity index (χ3v) is 5.52. The summed E-state index contributed by atoms with van der Waals surface area (Å²) in [5.41, 5.74) is 6.23. The van der Waals surface area contributed by atoms with Gasteiger partial charge in [0.15, 0.2) is 0 Å². The molecule has 0 unspecified atom stereocenters. The summed E-state index contributed by atoms with van der Waals surface area (Å²) in [6, 6.07) is 15.1. The van der Waals surface area contributed by atoms with Crippen LogP contribution in [0.2, 0.25) is 0 Å². The first-order valence-electron chi connectivity index (χ1n) is 9.63. The van der Waals surface area contributed by atoms with Gasteiger partial charge >= 0.3 is 0 Å². The molecule has 1 heterocycles. The molecule has 1 N–H and O–H groups in total. The second kappa shape index (κ2) is 7.94. The molecule has 1 atom stereocenters. The van der Waals surface area contributed by atoms with Gasteiger partial charge in [0.2, 0.25) is 5.91 Å². The Balaban J connectivity index is 1.56. The van der Waals surface area contributed by atoms with E-state index in [4.69, 9.17) is 0 Å². The van der Waals surface area contributed by atoms with Crippen LogP contribution in [0.25, 0.3) is 0 Å². The standard InChI is InChI=1S/C23H30N2O/c1-16-6-9-21(10-7-16)25-13-11-20(12-14-25)23(26)24-19(4)22-15-17(2)5-8-18(22)3/h5-10,15,19-20H,11-14H2,1-4H3,(H,24,26)/t19-/m0/s1. The Labute approximate surface area is 157 Å². The van der Waals surface area contributed by atoms with Crippen LogP contribution in [0.5, 0.6) is 0 Å². The van der Waals surface area contributed by atoms with Gasteiger partial charge in [-0.25, -0.2) is 0 Å². The molecule has 3 nitrogen and oxygen atoms in total. The van der Waals surface area contributed by atoms with Crippen LogP contribution < -0.4 is 10.2 Å². The zero-order valence-electron chi connectivity index (χ0n) is 16.4. The summed E-state index contributed by atoms with van der Waals surface area (Å²) in [5, 5.41) is 3.24. The zero-order valence-corrected chi connectivity index (χ0v) is 16.4. The van der Waals surface area contributed by atoms with Crippen molar-refractivity contribution >= 4 is 11.6 Å². The highest BCUT2D eigenvalue weighted by molar-refractivity contribution is 5.79. The van der Waals surface area contributed by atoms with Gasteiger partial charge in [0, 0.05) is 24.7 Å². The van der Waals surface area contributed by atoms with Gasteiger partial charge in [0.05, 0.1) is 6.04 Å². The lowest BCUT2D eigenvalue weighted by molar-refractivity contribution is -0.126. The monoisotopic (exact) mass is 350 g/mol. The fraction of sp³-hybridized carbons (Fsp3) is 0.435. The number of nitrogens with zero attached hydrogens (tertiary/aromatic N) is 1. The lowest BCUT2D eigenvalue weighted by Crippen LogP contribution is -2.41. The van der Waals surface area contributed by atoms with Crippen molar-refractivity contribution in [2.45, 2.75) is 46.6 Å². The lowest BCUT2D eigenvalue weighted by Gasteiger charge is -2.33. The van der Waals surface area contributed by atoms with Gasteiger partial charge in [0.1, 0.15) is 0 Å². The van der Waals surface area contributed by atoms with Crippen molar-refractivity contribution in [3.63, 3.8) is 0 Å². The summed E-state index contributed by atoms with van der Waals surface area (Å²) in [5.74, 6) is 0.311. The smallest absolute Gasteiger partial charge is 0.223 e. The first-order chi connectivity index (χ1) is 12.4. The van der Waals surface area contributed by atoms with Gasteiger partial charge in [-0.3, -0.25) is 4.79 Å². The van der Waals surface area contributed by atoms with Crippen molar-refractivity contribution in [3.05, 3.63) is 64.7 Å². The van der Waals surface area contributed by atoms with Crippen molar-refractivity contribution < 1.29 is 4.79 Å². The number of anilines is 1. The summed E-state index contributed by atoms with van der Waals surface area (Å²) < 4.78 is 0. The predicted molar refractivity (Wildman–Crippen MR) is 109 cm³/mol. The molecular weight excluding hydrogens is 320 g/mol. The van der Waals surface area contributed by atoms with Crippen LogP contribution in [-0.2, 0) is 4.79 Å². The van der Waals surface area contributed by atoms with Gasteiger partial charge in [-0.05, 0) is 63.8 Å². The molecular formula is C23H30N2O. The number of carbonyl (C=O) groups is 1. The topological polar surface area (TPSA) is 32.3 Å². The van der Waals surface area contributed by atoms with Crippen molar-refractivity contribution in [1.82, 2.24) is 5.32 Å². The van der Waals surface area contributed by atoms with Crippen LogP contribution in [-0.4, -0.2) is 19.0 Å². The Bertz CT molecular complexity index is 758. The van der Waals surface area contributed by atoms with E-state index in [1.165, 1.54) is 27.9 Å². The summed E-state index contributed by atoms with van der Waals surface area (Å²) in [6.45, 7) is 10.3. The second-order valence-corrected chi connectivity index (χ2v) is 7.69. The lowest BCUT2D eigenvalue weighted by atomic mass is 9.94. The molecule has 3 heteroatoms. The zero-order chi connectivity index (χ0) is 18.7. The minimum Gasteiger partial charge on any atom is -0.371 e. The van der Waals surface area contributed by atoms with Gasteiger partial charge in [-0.1, -0.05) is 41.5 Å². The van der Waals surface area contributed by atoms with Gasteiger partial charge in [-0.15, -0.1) is 0 Å². The number of benzene rings is 2. The SMILES string of the molecule is Cc1ccc(N2CCC(C(=O)N[C@@H](C)c3cc(C)ccc3C)CC2)cc1. The highest BCUT2D eigenvalue weighted by atomic mass is 16.1. The van der Waals surface area contributed by atoms with Crippen LogP contribution in [0.3, 0.4) is 0 Å². The van der Waals surface area contributed by atoms with Crippen LogP contribution in [0.1, 0.15) is 48.1 Å². The summed E-state index contributed by atoms with van der Waals surface area (Å²) in [7, 11) is 0. The number of rotatable bonds is 4. The number of hydrogen-bond donors (Lipinski definition) is 1. The Morgan fingerprint density at radius 2 is 1.62 bits per heavy atom. The maximum atomic E-state index is 12.7. The molecule has 0 aromatic heterocycles. The maximum Gasteiger partial charge on any atom is 0.223 e. The Morgan fingerprint density at radius 3 is 2.27 bits per heavy atom. The number of nitrogens with one attached hydrogen (secondary N) is 1. The van der Waals surface area contributed by atoms with E-state index in [1.54, 1.807) is 0 Å². The van der Waals surface area contributed by atoms with E-state index in [9.17, 15) is 4.79 Å². The molecule has 0 spiro atoms. The molecule has 0 saturated carbocycles. The first kappa shape index (κ1) is 18.5. The summed E-state index contributed by atoms with van der Waals surface area (Å²) in [4.78, 5) is 15.1. The molecule has 26 heavy (non-hydrogen) atoms. The molecule has 0 bridgehead atoms. The van der Waals surface area contributed by atoms with E-state index in [1.807, 2.05) is 0 Å². The molecule has 1 amide bonds. The molecule has 1 aliphatic heterocycles. The van der Waals surface area contributed by atoms with E-state index < -0.39 is 0 Å². The molecule has 0 radical (unpaired) electrons. The van der Waals surface area contributed by atoms with E-state index >= 15 is 0 Å². The normalized spacial score (nSPS) is 16.4. The fourth-order valence-corrected chi connectivity index (χ4v) is 3.79. The number of hydrogen-bond acceptors (Lipinski definition) is 2. The van der Waals surface area contributed by atoms with E-state index in [-0.39, 0.29) is 17.9 Å². The second-order valence-electron chi connectivity index (χ2n) is 7.69. The van der Waals surface area contributed by atoms with Crippen LogP contribution >= 0.6 is 0 Å².